The first-order chi connectivity index (χ1) is 8.20. The molecular formula is C13H23N3S. The minimum absolute atomic E-state index is 0.667. The molecule has 1 atom stereocenters. The van der Waals surface area contributed by atoms with E-state index in [2.05, 4.69) is 24.2 Å². The molecule has 0 bridgehead atoms. The molecule has 0 saturated carbocycles. The fourth-order valence-corrected chi connectivity index (χ4v) is 3.66. The lowest BCUT2D eigenvalue weighted by Crippen LogP contribution is -2.30. The first kappa shape index (κ1) is 13.0. The van der Waals surface area contributed by atoms with Gasteiger partial charge in [-0.2, -0.15) is 0 Å². The number of hydrogen-bond acceptors (Lipinski definition) is 4. The van der Waals surface area contributed by atoms with Crippen molar-refractivity contribution in [2.75, 3.05) is 33.7 Å². The van der Waals surface area contributed by atoms with Crippen molar-refractivity contribution in [2.24, 2.45) is 0 Å². The second kappa shape index (κ2) is 5.94. The van der Waals surface area contributed by atoms with E-state index < -0.39 is 0 Å². The molecule has 1 aromatic heterocycles. The topological polar surface area (TPSA) is 28.2 Å². The summed E-state index contributed by atoms with van der Waals surface area (Å²) in [4.78, 5) is 8.68. The average molecular weight is 253 g/mol. The Labute approximate surface area is 108 Å². The quantitative estimate of drug-likeness (QED) is 0.890. The maximum absolute atomic E-state index is 4.79. The van der Waals surface area contributed by atoms with Gasteiger partial charge in [0.1, 0.15) is 0 Å². The summed E-state index contributed by atoms with van der Waals surface area (Å²) in [6.07, 6.45) is 3.73. The van der Waals surface area contributed by atoms with Crippen LogP contribution in [0.4, 0.5) is 0 Å². The van der Waals surface area contributed by atoms with Gasteiger partial charge in [0.25, 0.3) is 0 Å². The normalized spacial score (nSPS) is 21.9. The monoisotopic (exact) mass is 253 g/mol. The van der Waals surface area contributed by atoms with E-state index in [4.69, 9.17) is 4.98 Å². The van der Waals surface area contributed by atoms with Gasteiger partial charge < -0.3 is 10.2 Å². The molecule has 4 heteroatoms. The van der Waals surface area contributed by atoms with E-state index in [-0.39, 0.29) is 0 Å². The molecule has 1 aliphatic rings. The Bertz CT molecular complexity index is 362. The summed E-state index contributed by atoms with van der Waals surface area (Å²) in [5, 5.41) is 4.57. The van der Waals surface area contributed by atoms with Crippen molar-refractivity contribution >= 4 is 11.3 Å². The molecule has 0 spiro atoms. The predicted octanol–water partition coefficient (Wildman–Crippen LogP) is 2.02. The van der Waals surface area contributed by atoms with Crippen molar-refractivity contribution in [1.82, 2.24) is 15.2 Å². The molecule has 0 aromatic carbocycles. The molecule has 96 valence electrons. The van der Waals surface area contributed by atoms with E-state index in [1.54, 1.807) is 0 Å². The molecule has 0 radical (unpaired) electrons. The number of piperidine rings is 1. The number of aromatic nitrogens is 1. The van der Waals surface area contributed by atoms with Crippen molar-refractivity contribution in [2.45, 2.75) is 32.1 Å². The fraction of sp³-hybridized carbons (Fsp3) is 0.769. The van der Waals surface area contributed by atoms with Crippen molar-refractivity contribution in [3.8, 4) is 0 Å². The first-order valence-electron chi connectivity index (χ1n) is 6.50. The Hall–Kier alpha value is -0.450. The molecule has 1 aromatic rings. The predicted molar refractivity (Wildman–Crippen MR) is 74.0 cm³/mol. The molecule has 17 heavy (non-hydrogen) atoms. The van der Waals surface area contributed by atoms with Crippen molar-refractivity contribution in [3.05, 3.63) is 15.6 Å². The molecule has 1 N–H and O–H groups in total. The van der Waals surface area contributed by atoms with E-state index in [0.717, 1.165) is 13.0 Å². The first-order valence-corrected chi connectivity index (χ1v) is 7.31. The van der Waals surface area contributed by atoms with Crippen molar-refractivity contribution in [1.29, 1.82) is 0 Å². The Kier molecular flexibility index (Phi) is 4.54. The number of likely N-dealkylation sites (N-methyl/N-ethyl adjacent to an activating group) is 2. The summed E-state index contributed by atoms with van der Waals surface area (Å²) >= 11 is 1.93. The van der Waals surface area contributed by atoms with E-state index in [1.807, 2.05) is 18.4 Å². The fourth-order valence-electron chi connectivity index (χ4n) is 2.46. The number of nitrogens with one attached hydrogen (secondary N) is 1. The van der Waals surface area contributed by atoms with E-state index >= 15 is 0 Å². The highest BCUT2D eigenvalue weighted by Crippen LogP contribution is 2.31. The van der Waals surface area contributed by atoms with Crippen LogP contribution in [0.2, 0.25) is 0 Å². The SMILES string of the molecule is CNCCc1sc(C2CCCN(C)C2)nc1C. The van der Waals surface area contributed by atoms with Crippen LogP contribution in [-0.2, 0) is 6.42 Å². The van der Waals surface area contributed by atoms with Gasteiger partial charge in [0.2, 0.25) is 0 Å². The van der Waals surface area contributed by atoms with Gasteiger partial charge in [-0.15, -0.1) is 11.3 Å². The van der Waals surface area contributed by atoms with Crippen LogP contribution >= 0.6 is 11.3 Å². The molecule has 1 aliphatic heterocycles. The summed E-state index contributed by atoms with van der Waals surface area (Å²) < 4.78 is 0. The zero-order valence-corrected chi connectivity index (χ0v) is 11.9. The third-order valence-electron chi connectivity index (χ3n) is 3.48. The van der Waals surface area contributed by atoms with E-state index in [0.29, 0.717) is 5.92 Å². The van der Waals surface area contributed by atoms with Crippen LogP contribution in [0.1, 0.15) is 34.3 Å². The summed E-state index contributed by atoms with van der Waals surface area (Å²) in [6.45, 7) is 5.62. The van der Waals surface area contributed by atoms with Crippen LogP contribution in [-0.4, -0.2) is 43.6 Å². The van der Waals surface area contributed by atoms with Gasteiger partial charge in [0.15, 0.2) is 0 Å². The minimum Gasteiger partial charge on any atom is -0.319 e. The number of thiazole rings is 1. The Morgan fingerprint density at radius 1 is 1.53 bits per heavy atom. The average Bonchev–Trinajstić information content (AvgIpc) is 2.68. The maximum atomic E-state index is 4.79. The summed E-state index contributed by atoms with van der Waals surface area (Å²) in [5.41, 5.74) is 1.24. The number of rotatable bonds is 4. The van der Waals surface area contributed by atoms with Crippen molar-refractivity contribution < 1.29 is 0 Å². The lowest BCUT2D eigenvalue weighted by atomic mass is 9.99. The van der Waals surface area contributed by atoms with Crippen LogP contribution in [0.15, 0.2) is 0 Å². The van der Waals surface area contributed by atoms with Gasteiger partial charge >= 0.3 is 0 Å². The second-order valence-corrected chi connectivity index (χ2v) is 6.13. The molecule has 1 saturated heterocycles. The van der Waals surface area contributed by atoms with Crippen molar-refractivity contribution in [3.63, 3.8) is 0 Å². The Balaban J connectivity index is 2.05. The lowest BCUT2D eigenvalue weighted by Gasteiger charge is -2.28. The Morgan fingerprint density at radius 2 is 2.35 bits per heavy atom. The van der Waals surface area contributed by atoms with Crippen LogP contribution in [0.3, 0.4) is 0 Å². The number of nitrogens with zero attached hydrogens (tertiary/aromatic N) is 2. The van der Waals surface area contributed by atoms with Crippen LogP contribution in [0.5, 0.6) is 0 Å². The molecule has 0 aliphatic carbocycles. The Morgan fingerprint density at radius 3 is 3.06 bits per heavy atom. The van der Waals surface area contributed by atoms with Gasteiger partial charge in [0.05, 0.1) is 10.7 Å². The summed E-state index contributed by atoms with van der Waals surface area (Å²) in [5.74, 6) is 0.667. The molecular weight excluding hydrogens is 230 g/mol. The molecule has 3 nitrogen and oxygen atoms in total. The minimum atomic E-state index is 0.667. The van der Waals surface area contributed by atoms with Gasteiger partial charge in [0, 0.05) is 17.3 Å². The zero-order valence-electron chi connectivity index (χ0n) is 11.1. The number of aryl methyl sites for hydroxylation is 1. The summed E-state index contributed by atoms with van der Waals surface area (Å²) in [7, 11) is 4.22. The van der Waals surface area contributed by atoms with Gasteiger partial charge in [-0.05, 0) is 53.4 Å². The highest BCUT2D eigenvalue weighted by atomic mass is 32.1. The van der Waals surface area contributed by atoms with Crippen LogP contribution < -0.4 is 5.32 Å². The highest BCUT2D eigenvalue weighted by molar-refractivity contribution is 7.11. The highest BCUT2D eigenvalue weighted by Gasteiger charge is 2.22. The maximum Gasteiger partial charge on any atom is 0.0974 e. The van der Waals surface area contributed by atoms with E-state index in [9.17, 15) is 0 Å². The molecule has 1 fully saturated rings. The third-order valence-corrected chi connectivity index (χ3v) is 4.86. The number of hydrogen-bond donors (Lipinski definition) is 1. The van der Waals surface area contributed by atoms with E-state index in [1.165, 1.54) is 41.5 Å². The number of likely N-dealkylation sites (tertiary alicyclic amines) is 1. The summed E-state index contributed by atoms with van der Waals surface area (Å²) in [6, 6.07) is 0. The molecule has 2 heterocycles. The molecule has 1 unspecified atom stereocenters. The largest absolute Gasteiger partial charge is 0.319 e. The van der Waals surface area contributed by atoms with Gasteiger partial charge in [-0.25, -0.2) is 4.98 Å². The molecule has 0 amide bonds. The lowest BCUT2D eigenvalue weighted by molar-refractivity contribution is 0.250. The smallest absolute Gasteiger partial charge is 0.0974 e. The van der Waals surface area contributed by atoms with Gasteiger partial charge in [-0.3, -0.25) is 0 Å². The zero-order chi connectivity index (χ0) is 12.3. The standard InChI is InChI=1S/C13H23N3S/c1-10-12(6-7-14-2)17-13(15-10)11-5-4-8-16(3)9-11/h11,14H,4-9H2,1-3H3. The van der Waals surface area contributed by atoms with Crippen LogP contribution in [0.25, 0.3) is 0 Å². The second-order valence-electron chi connectivity index (χ2n) is 5.02. The van der Waals surface area contributed by atoms with Crippen LogP contribution in [0, 0.1) is 6.92 Å². The van der Waals surface area contributed by atoms with Gasteiger partial charge in [-0.1, -0.05) is 0 Å². The third kappa shape index (κ3) is 3.27. The molecule has 2 rings (SSSR count).